The standard InChI is InChI=1S/C20H21N3OS/c24-17-13-21-11-12-23(14-17)20-22-18(15-7-3-1-4-8-15)19(25-20)16-9-5-2-6-10-16/h1-10,17,21,24H,11-14H2. The Balaban J connectivity index is 1.78. The first-order chi connectivity index (χ1) is 12.3. The van der Waals surface area contributed by atoms with Gasteiger partial charge in [-0.1, -0.05) is 72.0 Å². The van der Waals surface area contributed by atoms with E-state index in [-0.39, 0.29) is 6.10 Å². The van der Waals surface area contributed by atoms with E-state index in [9.17, 15) is 5.11 Å². The number of nitrogens with one attached hydrogen (secondary N) is 1. The molecule has 1 aliphatic heterocycles. The molecule has 0 spiro atoms. The molecule has 0 aliphatic carbocycles. The molecule has 1 atom stereocenters. The molecule has 1 fully saturated rings. The number of rotatable bonds is 3. The fourth-order valence-corrected chi connectivity index (χ4v) is 4.22. The fraction of sp³-hybridized carbons (Fsp3) is 0.250. The number of aromatic nitrogens is 1. The van der Waals surface area contributed by atoms with E-state index >= 15 is 0 Å². The number of aliphatic hydroxyl groups is 1. The Hall–Kier alpha value is -2.21. The molecule has 5 heteroatoms. The number of aliphatic hydroxyl groups excluding tert-OH is 1. The minimum absolute atomic E-state index is 0.369. The van der Waals surface area contributed by atoms with Gasteiger partial charge in [-0.2, -0.15) is 0 Å². The molecule has 1 aromatic heterocycles. The van der Waals surface area contributed by atoms with Crippen molar-refractivity contribution in [2.45, 2.75) is 6.10 Å². The number of β-amino-alcohol motifs (C(OH)–C–C–N with tert-alkyl or cyclic N) is 1. The van der Waals surface area contributed by atoms with Crippen LogP contribution >= 0.6 is 11.3 Å². The van der Waals surface area contributed by atoms with E-state index in [2.05, 4.69) is 46.6 Å². The van der Waals surface area contributed by atoms with Crippen molar-refractivity contribution in [3.63, 3.8) is 0 Å². The van der Waals surface area contributed by atoms with Crippen LogP contribution in [0.1, 0.15) is 0 Å². The van der Waals surface area contributed by atoms with Crippen LogP contribution in [0, 0.1) is 0 Å². The summed E-state index contributed by atoms with van der Waals surface area (Å²) in [6.45, 7) is 2.97. The third kappa shape index (κ3) is 3.58. The molecule has 1 aliphatic rings. The number of nitrogens with zero attached hydrogens (tertiary/aromatic N) is 2. The van der Waals surface area contributed by atoms with Crippen molar-refractivity contribution < 1.29 is 5.11 Å². The SMILES string of the molecule is OC1CNCCN(c2nc(-c3ccccc3)c(-c3ccccc3)s2)C1. The van der Waals surface area contributed by atoms with E-state index in [1.54, 1.807) is 11.3 Å². The topological polar surface area (TPSA) is 48.4 Å². The zero-order chi connectivity index (χ0) is 17.1. The Morgan fingerprint density at radius 3 is 2.40 bits per heavy atom. The molecule has 128 valence electrons. The summed E-state index contributed by atoms with van der Waals surface area (Å²) in [5, 5.41) is 14.3. The van der Waals surface area contributed by atoms with Gasteiger partial charge in [-0.3, -0.25) is 0 Å². The fourth-order valence-electron chi connectivity index (χ4n) is 3.09. The van der Waals surface area contributed by atoms with Crippen LogP contribution in [0.3, 0.4) is 0 Å². The van der Waals surface area contributed by atoms with Crippen molar-refractivity contribution >= 4 is 16.5 Å². The Labute approximate surface area is 151 Å². The zero-order valence-electron chi connectivity index (χ0n) is 13.9. The highest BCUT2D eigenvalue weighted by molar-refractivity contribution is 7.19. The number of hydrogen-bond acceptors (Lipinski definition) is 5. The summed E-state index contributed by atoms with van der Waals surface area (Å²) in [6.07, 6.45) is -0.369. The Morgan fingerprint density at radius 1 is 1.00 bits per heavy atom. The van der Waals surface area contributed by atoms with E-state index in [0.717, 1.165) is 29.5 Å². The molecule has 2 aromatic carbocycles. The van der Waals surface area contributed by atoms with Gasteiger partial charge in [0, 0.05) is 31.7 Å². The van der Waals surface area contributed by atoms with Crippen LogP contribution in [0.5, 0.6) is 0 Å². The van der Waals surface area contributed by atoms with E-state index in [1.165, 1.54) is 10.4 Å². The van der Waals surface area contributed by atoms with E-state index in [4.69, 9.17) is 4.98 Å². The minimum atomic E-state index is -0.369. The molecule has 25 heavy (non-hydrogen) atoms. The molecule has 0 saturated carbocycles. The van der Waals surface area contributed by atoms with Gasteiger partial charge in [0.2, 0.25) is 0 Å². The van der Waals surface area contributed by atoms with Crippen LogP contribution in [0.15, 0.2) is 60.7 Å². The molecule has 0 amide bonds. The van der Waals surface area contributed by atoms with Crippen LogP contribution in [0.2, 0.25) is 0 Å². The first-order valence-corrected chi connectivity index (χ1v) is 9.38. The van der Waals surface area contributed by atoms with Crippen molar-refractivity contribution in [2.75, 3.05) is 31.1 Å². The lowest BCUT2D eigenvalue weighted by Gasteiger charge is -2.20. The summed E-state index contributed by atoms with van der Waals surface area (Å²) in [4.78, 5) is 8.33. The smallest absolute Gasteiger partial charge is 0.186 e. The molecule has 2 N–H and O–H groups in total. The first-order valence-electron chi connectivity index (χ1n) is 8.56. The highest BCUT2D eigenvalue weighted by Gasteiger charge is 2.22. The second-order valence-corrected chi connectivity index (χ2v) is 7.19. The number of benzene rings is 2. The molecule has 3 aromatic rings. The molecule has 4 rings (SSSR count). The van der Waals surface area contributed by atoms with Gasteiger partial charge in [-0.05, 0) is 5.56 Å². The summed E-state index contributed by atoms with van der Waals surface area (Å²) in [7, 11) is 0. The van der Waals surface area contributed by atoms with E-state index in [0.29, 0.717) is 13.1 Å². The molecule has 0 radical (unpaired) electrons. The third-order valence-corrected chi connectivity index (χ3v) is 5.50. The molecular weight excluding hydrogens is 330 g/mol. The Bertz CT molecular complexity index is 762. The number of hydrogen-bond donors (Lipinski definition) is 2. The van der Waals surface area contributed by atoms with Crippen molar-refractivity contribution in [1.29, 1.82) is 0 Å². The molecule has 2 heterocycles. The van der Waals surface area contributed by atoms with Crippen molar-refractivity contribution in [1.82, 2.24) is 10.3 Å². The quantitative estimate of drug-likeness (QED) is 0.760. The molecule has 1 unspecified atom stereocenters. The first kappa shape index (κ1) is 16.3. The van der Waals surface area contributed by atoms with Crippen LogP contribution < -0.4 is 10.2 Å². The summed E-state index contributed by atoms with van der Waals surface area (Å²) in [5.74, 6) is 0. The van der Waals surface area contributed by atoms with Gasteiger partial charge in [0.15, 0.2) is 5.13 Å². The number of anilines is 1. The van der Waals surface area contributed by atoms with Crippen molar-refractivity contribution in [3.8, 4) is 21.7 Å². The maximum Gasteiger partial charge on any atom is 0.186 e. The monoisotopic (exact) mass is 351 g/mol. The second-order valence-electron chi connectivity index (χ2n) is 6.21. The molecule has 4 nitrogen and oxygen atoms in total. The van der Waals surface area contributed by atoms with Crippen LogP contribution in [-0.2, 0) is 0 Å². The largest absolute Gasteiger partial charge is 0.390 e. The normalized spacial score (nSPS) is 18.1. The van der Waals surface area contributed by atoms with Gasteiger partial charge in [0.1, 0.15) is 0 Å². The predicted molar refractivity (Wildman–Crippen MR) is 104 cm³/mol. The number of thiazole rings is 1. The lowest BCUT2D eigenvalue weighted by Crippen LogP contribution is -2.32. The Morgan fingerprint density at radius 2 is 1.68 bits per heavy atom. The van der Waals surface area contributed by atoms with Gasteiger partial charge in [0.25, 0.3) is 0 Å². The molecular formula is C20H21N3OS. The lowest BCUT2D eigenvalue weighted by molar-refractivity contribution is 0.185. The molecule has 1 saturated heterocycles. The molecule has 0 bridgehead atoms. The van der Waals surface area contributed by atoms with E-state index < -0.39 is 0 Å². The van der Waals surface area contributed by atoms with Gasteiger partial charge in [-0.15, -0.1) is 0 Å². The maximum atomic E-state index is 10.1. The summed E-state index contributed by atoms with van der Waals surface area (Å²) in [5.41, 5.74) is 3.31. The van der Waals surface area contributed by atoms with Gasteiger partial charge < -0.3 is 15.3 Å². The van der Waals surface area contributed by atoms with E-state index in [1.807, 2.05) is 24.3 Å². The van der Waals surface area contributed by atoms with Gasteiger partial charge in [-0.25, -0.2) is 4.98 Å². The maximum absolute atomic E-state index is 10.1. The zero-order valence-corrected chi connectivity index (χ0v) is 14.7. The van der Waals surface area contributed by atoms with Crippen molar-refractivity contribution in [3.05, 3.63) is 60.7 Å². The van der Waals surface area contributed by atoms with Crippen LogP contribution in [0.4, 0.5) is 5.13 Å². The third-order valence-electron chi connectivity index (χ3n) is 4.34. The lowest BCUT2D eigenvalue weighted by atomic mass is 10.1. The van der Waals surface area contributed by atoms with Gasteiger partial charge in [0.05, 0.1) is 16.7 Å². The Kier molecular flexibility index (Phi) is 4.78. The van der Waals surface area contributed by atoms with Crippen LogP contribution in [0.25, 0.3) is 21.7 Å². The van der Waals surface area contributed by atoms with Gasteiger partial charge >= 0.3 is 0 Å². The summed E-state index contributed by atoms with van der Waals surface area (Å²) in [6, 6.07) is 20.7. The summed E-state index contributed by atoms with van der Waals surface area (Å²) >= 11 is 1.70. The average molecular weight is 351 g/mol. The summed E-state index contributed by atoms with van der Waals surface area (Å²) < 4.78 is 0. The second kappa shape index (κ2) is 7.35. The highest BCUT2D eigenvalue weighted by atomic mass is 32.1. The predicted octanol–water partition coefficient (Wildman–Crippen LogP) is 3.25. The minimum Gasteiger partial charge on any atom is -0.390 e. The van der Waals surface area contributed by atoms with Crippen molar-refractivity contribution in [2.24, 2.45) is 0 Å². The average Bonchev–Trinajstić information content (AvgIpc) is 3.00. The van der Waals surface area contributed by atoms with Crippen LogP contribution in [-0.4, -0.2) is 42.4 Å². The highest BCUT2D eigenvalue weighted by Crippen LogP contribution is 2.40.